The van der Waals surface area contributed by atoms with Gasteiger partial charge in [-0.1, -0.05) is 12.1 Å². The van der Waals surface area contributed by atoms with Crippen LogP contribution < -0.4 is 15.6 Å². The monoisotopic (exact) mass is 395 g/mol. The molecule has 1 aromatic heterocycles. The van der Waals surface area contributed by atoms with E-state index in [1.54, 1.807) is 48.5 Å². The van der Waals surface area contributed by atoms with Crippen LogP contribution in [0.15, 0.2) is 59.7 Å². The third-order valence-electron chi connectivity index (χ3n) is 4.14. The molecule has 0 bridgehead atoms. The molecule has 3 rings (SSSR count). The van der Waals surface area contributed by atoms with E-state index in [1.807, 2.05) is 6.92 Å². The summed E-state index contributed by atoms with van der Waals surface area (Å²) in [6.07, 6.45) is 0.259. The van der Waals surface area contributed by atoms with Crippen molar-refractivity contribution in [1.82, 2.24) is 9.55 Å². The molecule has 0 unspecified atom stereocenters. The van der Waals surface area contributed by atoms with E-state index in [-0.39, 0.29) is 12.1 Å². The molecule has 1 atom stereocenters. The number of carbonyl (C=O) groups is 2. The molecule has 0 saturated heterocycles. The SMILES string of the molecule is CCOc1ccc(NC(=O)[C@@H](C)OC(=O)Cn2cnc3ccccc3c2=O)cc1. The summed E-state index contributed by atoms with van der Waals surface area (Å²) in [4.78, 5) is 41.0. The first-order valence-corrected chi connectivity index (χ1v) is 9.15. The maximum absolute atomic E-state index is 12.4. The Morgan fingerprint density at radius 3 is 2.59 bits per heavy atom. The molecule has 0 radical (unpaired) electrons. The summed E-state index contributed by atoms with van der Waals surface area (Å²) in [6.45, 7) is 3.56. The molecule has 2 aromatic carbocycles. The van der Waals surface area contributed by atoms with E-state index in [2.05, 4.69) is 10.3 Å². The van der Waals surface area contributed by atoms with Crippen LogP contribution in [0.3, 0.4) is 0 Å². The molecule has 0 aliphatic heterocycles. The summed E-state index contributed by atoms with van der Waals surface area (Å²) >= 11 is 0. The van der Waals surface area contributed by atoms with Crippen LogP contribution in [0.25, 0.3) is 10.9 Å². The zero-order valence-electron chi connectivity index (χ0n) is 16.1. The molecule has 1 heterocycles. The highest BCUT2D eigenvalue weighted by molar-refractivity contribution is 5.95. The van der Waals surface area contributed by atoms with Gasteiger partial charge in [-0.05, 0) is 50.2 Å². The highest BCUT2D eigenvalue weighted by atomic mass is 16.5. The van der Waals surface area contributed by atoms with Crippen molar-refractivity contribution in [3.63, 3.8) is 0 Å². The van der Waals surface area contributed by atoms with Crippen molar-refractivity contribution in [2.24, 2.45) is 0 Å². The number of anilines is 1. The number of ether oxygens (including phenoxy) is 2. The number of amides is 1. The predicted molar refractivity (Wildman–Crippen MR) is 108 cm³/mol. The minimum atomic E-state index is -1.03. The van der Waals surface area contributed by atoms with Crippen LogP contribution >= 0.6 is 0 Å². The van der Waals surface area contributed by atoms with Crippen molar-refractivity contribution >= 4 is 28.5 Å². The Labute approximate surface area is 167 Å². The van der Waals surface area contributed by atoms with E-state index in [0.717, 1.165) is 4.57 Å². The second kappa shape index (κ2) is 9.01. The second-order valence-electron chi connectivity index (χ2n) is 6.27. The molecule has 0 aliphatic carbocycles. The van der Waals surface area contributed by atoms with Gasteiger partial charge in [0.15, 0.2) is 6.10 Å². The van der Waals surface area contributed by atoms with Crippen LogP contribution in [0, 0.1) is 0 Å². The summed E-state index contributed by atoms with van der Waals surface area (Å²) in [5.41, 5.74) is 0.751. The van der Waals surface area contributed by atoms with E-state index in [4.69, 9.17) is 9.47 Å². The van der Waals surface area contributed by atoms with Crippen molar-refractivity contribution < 1.29 is 19.1 Å². The van der Waals surface area contributed by atoms with Gasteiger partial charge in [-0.2, -0.15) is 0 Å². The molecule has 1 N–H and O–H groups in total. The number of hydrogen-bond donors (Lipinski definition) is 1. The minimum Gasteiger partial charge on any atom is -0.494 e. The fourth-order valence-corrected chi connectivity index (χ4v) is 2.69. The Morgan fingerprint density at radius 1 is 1.14 bits per heavy atom. The summed E-state index contributed by atoms with van der Waals surface area (Å²) in [5, 5.41) is 3.07. The Kier molecular flexibility index (Phi) is 6.23. The number of carbonyl (C=O) groups excluding carboxylic acids is 2. The number of nitrogens with zero attached hydrogens (tertiary/aromatic N) is 2. The largest absolute Gasteiger partial charge is 0.494 e. The number of esters is 1. The van der Waals surface area contributed by atoms with Gasteiger partial charge in [0.05, 0.1) is 23.8 Å². The van der Waals surface area contributed by atoms with Crippen molar-refractivity contribution in [3.05, 3.63) is 65.2 Å². The number of nitrogens with one attached hydrogen (secondary N) is 1. The molecular weight excluding hydrogens is 374 g/mol. The molecule has 150 valence electrons. The molecule has 0 spiro atoms. The van der Waals surface area contributed by atoms with E-state index in [9.17, 15) is 14.4 Å². The van der Waals surface area contributed by atoms with Gasteiger partial charge < -0.3 is 14.8 Å². The molecule has 0 fully saturated rings. The van der Waals surface area contributed by atoms with Gasteiger partial charge in [-0.15, -0.1) is 0 Å². The van der Waals surface area contributed by atoms with Crippen molar-refractivity contribution in [2.45, 2.75) is 26.5 Å². The molecule has 1 amide bonds. The zero-order chi connectivity index (χ0) is 20.8. The van der Waals surface area contributed by atoms with E-state index in [0.29, 0.717) is 28.9 Å². The van der Waals surface area contributed by atoms with Gasteiger partial charge in [0, 0.05) is 5.69 Å². The van der Waals surface area contributed by atoms with Crippen molar-refractivity contribution in [1.29, 1.82) is 0 Å². The number of aromatic nitrogens is 2. The highest BCUT2D eigenvalue weighted by Gasteiger charge is 2.19. The Morgan fingerprint density at radius 2 is 1.86 bits per heavy atom. The molecule has 8 nitrogen and oxygen atoms in total. The zero-order valence-corrected chi connectivity index (χ0v) is 16.1. The Hall–Kier alpha value is -3.68. The first-order valence-electron chi connectivity index (χ1n) is 9.15. The van der Waals surface area contributed by atoms with E-state index in [1.165, 1.54) is 13.3 Å². The third kappa shape index (κ3) is 4.98. The molecule has 3 aromatic rings. The average molecular weight is 395 g/mol. The summed E-state index contributed by atoms with van der Waals surface area (Å²) in [6, 6.07) is 13.7. The predicted octanol–water partition coefficient (Wildman–Crippen LogP) is 2.37. The van der Waals surface area contributed by atoms with Crippen LogP contribution in [0.1, 0.15) is 13.8 Å². The van der Waals surface area contributed by atoms with Gasteiger partial charge in [-0.25, -0.2) is 4.98 Å². The van der Waals surface area contributed by atoms with Crippen LogP contribution in [0.4, 0.5) is 5.69 Å². The van der Waals surface area contributed by atoms with Crippen LogP contribution in [0.5, 0.6) is 5.75 Å². The molecule has 29 heavy (non-hydrogen) atoms. The lowest BCUT2D eigenvalue weighted by Gasteiger charge is -2.14. The van der Waals surface area contributed by atoms with Gasteiger partial charge in [0.2, 0.25) is 0 Å². The van der Waals surface area contributed by atoms with Crippen LogP contribution in [0.2, 0.25) is 0 Å². The fourth-order valence-electron chi connectivity index (χ4n) is 2.69. The summed E-state index contributed by atoms with van der Waals surface area (Å²) in [7, 11) is 0. The summed E-state index contributed by atoms with van der Waals surface area (Å²) < 4.78 is 11.7. The van der Waals surface area contributed by atoms with Crippen molar-refractivity contribution in [2.75, 3.05) is 11.9 Å². The van der Waals surface area contributed by atoms with Gasteiger partial charge in [0.25, 0.3) is 11.5 Å². The van der Waals surface area contributed by atoms with E-state index < -0.39 is 18.0 Å². The van der Waals surface area contributed by atoms with Gasteiger partial charge in [-0.3, -0.25) is 19.0 Å². The maximum Gasteiger partial charge on any atom is 0.326 e. The molecule has 0 saturated carbocycles. The lowest BCUT2D eigenvalue weighted by molar-refractivity contribution is -0.153. The van der Waals surface area contributed by atoms with Gasteiger partial charge >= 0.3 is 5.97 Å². The van der Waals surface area contributed by atoms with Crippen LogP contribution in [-0.2, 0) is 20.9 Å². The van der Waals surface area contributed by atoms with Crippen molar-refractivity contribution in [3.8, 4) is 5.75 Å². The second-order valence-corrected chi connectivity index (χ2v) is 6.27. The lowest BCUT2D eigenvalue weighted by atomic mass is 10.2. The molecule has 8 heteroatoms. The smallest absolute Gasteiger partial charge is 0.326 e. The highest BCUT2D eigenvalue weighted by Crippen LogP contribution is 2.16. The van der Waals surface area contributed by atoms with Crippen LogP contribution in [-0.4, -0.2) is 34.1 Å². The number of para-hydroxylation sites is 1. The normalized spacial score (nSPS) is 11.7. The lowest BCUT2D eigenvalue weighted by Crippen LogP contribution is -2.33. The number of hydrogen-bond acceptors (Lipinski definition) is 6. The fraction of sp³-hybridized carbons (Fsp3) is 0.238. The molecule has 0 aliphatic rings. The standard InChI is InChI=1S/C21H21N3O5/c1-3-28-16-10-8-15(9-11-16)23-20(26)14(2)29-19(25)12-24-13-22-18-7-5-4-6-17(18)21(24)27/h4-11,13-14H,3,12H2,1-2H3,(H,23,26)/t14-/m1/s1. The Bertz CT molecular complexity index is 1080. The topological polar surface area (TPSA) is 99.5 Å². The number of fused-ring (bicyclic) bond motifs is 1. The maximum atomic E-state index is 12.4. The summed E-state index contributed by atoms with van der Waals surface area (Å²) in [5.74, 6) is -0.496. The first-order chi connectivity index (χ1) is 14.0. The van der Waals surface area contributed by atoms with Gasteiger partial charge in [0.1, 0.15) is 12.3 Å². The first kappa shape index (κ1) is 20.1. The third-order valence-corrected chi connectivity index (χ3v) is 4.14. The molecular formula is C21H21N3O5. The number of benzene rings is 2. The average Bonchev–Trinajstić information content (AvgIpc) is 2.72. The Balaban J connectivity index is 1.59. The number of rotatable bonds is 7. The minimum absolute atomic E-state index is 0.336. The quantitative estimate of drug-likeness (QED) is 0.617. The van der Waals surface area contributed by atoms with E-state index >= 15 is 0 Å².